The van der Waals surface area contributed by atoms with Gasteiger partial charge in [-0.15, -0.1) is 0 Å². The van der Waals surface area contributed by atoms with Crippen molar-refractivity contribution in [2.45, 2.75) is 188 Å². The van der Waals surface area contributed by atoms with Crippen LogP contribution >= 0.6 is 0 Å². The maximum atomic E-state index is 12.1. The lowest BCUT2D eigenvalue weighted by Gasteiger charge is -2.50. The average molecular weight is 1140 g/mol. The van der Waals surface area contributed by atoms with Crippen molar-refractivity contribution >= 4 is 52.0 Å². The Morgan fingerprint density at radius 3 is 0.915 bits per heavy atom. The fourth-order valence-corrected chi connectivity index (χ4v) is 10.3. The molecule has 10 unspecified atom stereocenters. The molecule has 41 heteroatoms. The summed E-state index contributed by atoms with van der Waals surface area (Å²) in [5.74, 6) is 0. The highest BCUT2D eigenvalue weighted by Gasteiger charge is 2.58. The average Bonchev–Trinajstić information content (AvgIpc) is 3.19. The lowest BCUT2D eigenvalue weighted by molar-refractivity contribution is -0.383. The quantitative estimate of drug-likeness (QED) is 0.0495. The van der Waals surface area contributed by atoms with Gasteiger partial charge in [0.15, 0.2) is 62.0 Å². The van der Waals surface area contributed by atoms with E-state index in [0.29, 0.717) is 0 Å². The molecule has 5 heterocycles. The third-order valence-electron chi connectivity index (χ3n) is 11.1. The van der Waals surface area contributed by atoms with Gasteiger partial charge in [0, 0.05) is 0 Å². The topological polar surface area (TPSA) is 557 Å². The highest BCUT2D eigenvalue weighted by Crippen LogP contribution is 2.39. The van der Waals surface area contributed by atoms with E-state index in [-0.39, 0.29) is 0 Å². The molecule has 0 spiro atoms. The summed E-state index contributed by atoms with van der Waals surface area (Å²) in [5.41, 5.74) is 0. The minimum Gasteiger partial charge on any atom is -0.726 e. The lowest BCUT2D eigenvalue weighted by atomic mass is 9.96. The predicted octanol–water partition coefficient (Wildman–Crippen LogP) is -9.36. The van der Waals surface area contributed by atoms with E-state index in [2.05, 4.69) is 20.9 Å². The molecule has 36 nitrogen and oxygen atoms in total. The third kappa shape index (κ3) is 15.7. The molecule has 7 N–H and O–H groups in total. The first kappa shape index (κ1) is 60.6. The van der Waals surface area contributed by atoms with Gasteiger partial charge in [-0.3, -0.25) is 20.9 Å². The summed E-state index contributed by atoms with van der Waals surface area (Å²) < 4.78 is 249. The molecular weight excluding hydrogens is 1100 g/mol. The fourth-order valence-electron chi connectivity index (χ4n) is 7.92. The van der Waals surface area contributed by atoms with Gasteiger partial charge < -0.3 is 101 Å². The SMILES string of the molecule is CC1O[C@@H](O[C@@H]2C(OS(=O)(=O)[O-])[C@H](O[C@@H]3C(C)O[C@@H](O[C@@H]4C(OS(=O)(=O)[O-])[C@H](O[C@@H]5C(C)O[C@@H](O)C(OS(=O)(=O)[O-])[C@H]5O)OC(C)[C@H]4O)C(OS(=O)(=O)[O-])[C@H]3O)OC(C)[C@H]2O)C(OS(=O)(=O)[O-])[C@@H](O)[C@@H]1O. The smallest absolute Gasteiger partial charge is 0.218 e. The minimum atomic E-state index is -6.06. The van der Waals surface area contributed by atoms with Crippen LogP contribution in [-0.4, -0.2) is 254 Å². The molecule has 0 aromatic carbocycles. The molecule has 25 atom stereocenters. The van der Waals surface area contributed by atoms with Gasteiger partial charge in [-0.05, 0) is 34.6 Å². The number of hydrogen-bond acceptors (Lipinski definition) is 36. The first-order valence-electron chi connectivity index (χ1n) is 20.1. The summed E-state index contributed by atoms with van der Waals surface area (Å²) in [6.45, 7) is 5.17. The fraction of sp³-hybridized carbons (Fsp3) is 1.00. The number of hydrogen-bond donors (Lipinski definition) is 7. The van der Waals surface area contributed by atoms with Crippen molar-refractivity contribution in [2.24, 2.45) is 0 Å². The van der Waals surface area contributed by atoms with Gasteiger partial charge in [0.1, 0.15) is 61.0 Å². The van der Waals surface area contributed by atoms with Crippen LogP contribution < -0.4 is 0 Å². The van der Waals surface area contributed by atoms with E-state index in [9.17, 15) is 101 Å². The first-order valence-corrected chi connectivity index (χ1v) is 26.8. The Hall–Kier alpha value is -1.29. The molecule has 5 fully saturated rings. The zero-order valence-electron chi connectivity index (χ0n) is 36.4. The second-order valence-corrected chi connectivity index (χ2v) is 21.3. The van der Waals surface area contributed by atoms with Crippen LogP contribution in [0.4, 0.5) is 0 Å². The van der Waals surface area contributed by atoms with E-state index in [4.69, 9.17) is 42.6 Å². The molecule has 418 valence electrons. The normalized spacial score (nSPS) is 45.6. The highest BCUT2D eigenvalue weighted by molar-refractivity contribution is 7.81. The van der Waals surface area contributed by atoms with Gasteiger partial charge in [-0.1, -0.05) is 0 Å². The Bertz CT molecular complexity index is 2370. The Balaban J connectivity index is 1.47. The van der Waals surface area contributed by atoms with Crippen molar-refractivity contribution in [3.8, 4) is 0 Å². The van der Waals surface area contributed by atoms with Crippen LogP contribution in [0, 0.1) is 0 Å². The number of aliphatic hydroxyl groups is 7. The third-order valence-corrected chi connectivity index (χ3v) is 13.4. The van der Waals surface area contributed by atoms with Gasteiger partial charge in [0.25, 0.3) is 0 Å². The molecule has 0 aromatic heterocycles. The van der Waals surface area contributed by atoms with Crippen LogP contribution in [0.3, 0.4) is 0 Å². The summed E-state index contributed by atoms with van der Waals surface area (Å²) in [7, 11) is -29.5. The van der Waals surface area contributed by atoms with Crippen LogP contribution in [0.15, 0.2) is 0 Å². The minimum absolute atomic E-state index is 0.961. The maximum absolute atomic E-state index is 12.1. The van der Waals surface area contributed by atoms with Crippen LogP contribution in [0.5, 0.6) is 0 Å². The van der Waals surface area contributed by atoms with Gasteiger partial charge in [-0.25, -0.2) is 42.1 Å². The van der Waals surface area contributed by atoms with E-state index in [1.54, 1.807) is 0 Å². The summed E-state index contributed by atoms with van der Waals surface area (Å²) in [6, 6.07) is 0. The zero-order valence-corrected chi connectivity index (χ0v) is 40.5. The van der Waals surface area contributed by atoms with Crippen LogP contribution in [0.1, 0.15) is 34.6 Å². The molecular formula is C30H47O36S5-5. The number of rotatable bonds is 18. The van der Waals surface area contributed by atoms with Crippen molar-refractivity contribution in [2.75, 3.05) is 0 Å². The highest BCUT2D eigenvalue weighted by atomic mass is 32.3. The van der Waals surface area contributed by atoms with Crippen molar-refractivity contribution in [1.29, 1.82) is 0 Å². The molecule has 0 bridgehead atoms. The molecule has 0 aromatic rings. The monoisotopic (exact) mass is 1140 g/mol. The largest absolute Gasteiger partial charge is 0.726 e. The second-order valence-electron chi connectivity index (χ2n) is 16.3. The molecule has 71 heavy (non-hydrogen) atoms. The Kier molecular flexibility index (Phi) is 19.4. The molecule has 0 saturated carbocycles. The second kappa shape index (κ2) is 22.7. The van der Waals surface area contributed by atoms with Gasteiger partial charge in [0.05, 0.1) is 30.5 Å². The van der Waals surface area contributed by atoms with E-state index in [0.717, 1.165) is 34.6 Å². The lowest BCUT2D eigenvalue weighted by Crippen LogP contribution is -2.68. The van der Waals surface area contributed by atoms with Crippen molar-refractivity contribution in [1.82, 2.24) is 0 Å². The molecule has 5 aliphatic rings. The Labute approximate surface area is 403 Å². The number of ether oxygens (including phenoxy) is 9. The van der Waals surface area contributed by atoms with Gasteiger partial charge in [0.2, 0.25) is 52.0 Å². The van der Waals surface area contributed by atoms with E-state index in [1.807, 2.05) is 0 Å². The summed E-state index contributed by atoms with van der Waals surface area (Å²) in [6.07, 6.45) is -56.1. The molecule has 5 saturated heterocycles. The molecule has 0 aliphatic carbocycles. The van der Waals surface area contributed by atoms with Crippen molar-refractivity contribution in [3.05, 3.63) is 0 Å². The van der Waals surface area contributed by atoms with Gasteiger partial charge in [-0.2, -0.15) is 0 Å². The van der Waals surface area contributed by atoms with Crippen molar-refractivity contribution < 1.29 is 164 Å². The van der Waals surface area contributed by atoms with E-state index in [1.165, 1.54) is 0 Å². The zero-order chi connectivity index (χ0) is 53.8. The molecule has 5 aliphatic heterocycles. The predicted molar refractivity (Wildman–Crippen MR) is 202 cm³/mol. The molecule has 0 amide bonds. The Morgan fingerprint density at radius 2 is 0.549 bits per heavy atom. The Morgan fingerprint density at radius 1 is 0.296 bits per heavy atom. The maximum Gasteiger partial charge on any atom is 0.218 e. The standard InChI is InChI=1S/C30H52O36S5/c1-6-11(31)14(34)22(63-68(41,42)43)27(54-6)60-19-12(32)7(2)56-30(24(19)65-70(47,48)49)59-18-10(5)57-28(23(16(18)36)64-69(44,45)46)61-20-13(33)8(3)55-29(25(20)66-71(50,51)52)58-17-9(4)53-26(37)21(15(17)35)62-67(38,39)40/h6-37H,1-5H3,(H,38,39,40)(H,41,42,43)(H,44,45,46)(H,47,48,49)(H,50,51,52)/p-5/t6?,7?,8?,9?,10?,11-,12-,13-,14+,15+,16+,17-,18-,19+,20+,21?,22?,23?,24?,25?,26-,27+,28+,29+,30+/m1/s1. The van der Waals surface area contributed by atoms with E-state index < -0.39 is 206 Å². The molecule has 5 rings (SSSR count). The summed E-state index contributed by atoms with van der Waals surface area (Å²) >= 11 is 0. The van der Waals surface area contributed by atoms with E-state index >= 15 is 0 Å². The van der Waals surface area contributed by atoms with Crippen LogP contribution in [0.2, 0.25) is 0 Å². The first-order chi connectivity index (χ1) is 32.3. The summed E-state index contributed by atoms with van der Waals surface area (Å²) in [5, 5.41) is 75.8. The van der Waals surface area contributed by atoms with Crippen LogP contribution in [-0.2, 0) is 116 Å². The summed E-state index contributed by atoms with van der Waals surface area (Å²) in [4.78, 5) is 0. The van der Waals surface area contributed by atoms with Gasteiger partial charge >= 0.3 is 0 Å². The molecule has 0 radical (unpaired) electrons. The number of aliphatic hydroxyl groups excluding tert-OH is 7. The van der Waals surface area contributed by atoms with Crippen LogP contribution in [0.25, 0.3) is 0 Å². The van der Waals surface area contributed by atoms with Crippen molar-refractivity contribution in [3.63, 3.8) is 0 Å².